The van der Waals surface area contributed by atoms with Crippen molar-refractivity contribution < 1.29 is 4.42 Å². The molecular weight excluding hydrogens is 246 g/mol. The Labute approximate surface area is 124 Å². The van der Waals surface area contributed by atoms with Crippen LogP contribution in [0.25, 0.3) is 0 Å². The van der Waals surface area contributed by atoms with Crippen molar-refractivity contribution in [2.24, 2.45) is 17.3 Å². The molecule has 0 aliphatic heterocycles. The lowest BCUT2D eigenvalue weighted by Gasteiger charge is -2.39. The summed E-state index contributed by atoms with van der Waals surface area (Å²) >= 11 is 0. The minimum Gasteiger partial charge on any atom is -0.464 e. The van der Waals surface area contributed by atoms with Gasteiger partial charge in [-0.1, -0.05) is 27.7 Å². The van der Waals surface area contributed by atoms with Gasteiger partial charge in [0, 0.05) is 6.42 Å². The topological polar surface area (TPSA) is 25.2 Å². The maximum atomic E-state index is 5.97. The molecule has 1 heterocycles. The van der Waals surface area contributed by atoms with E-state index in [9.17, 15) is 0 Å². The van der Waals surface area contributed by atoms with E-state index in [0.29, 0.717) is 11.5 Å². The van der Waals surface area contributed by atoms with Gasteiger partial charge in [-0.05, 0) is 62.1 Å². The summed E-state index contributed by atoms with van der Waals surface area (Å²) in [4.78, 5) is 0. The van der Waals surface area contributed by atoms with Gasteiger partial charge in [-0.2, -0.15) is 0 Å². The van der Waals surface area contributed by atoms with Gasteiger partial charge >= 0.3 is 0 Å². The summed E-state index contributed by atoms with van der Waals surface area (Å²) in [5.74, 6) is 3.82. The Kier molecular flexibility index (Phi) is 4.95. The van der Waals surface area contributed by atoms with Crippen LogP contribution >= 0.6 is 0 Å². The molecule has 0 aromatic carbocycles. The molecule has 114 valence electrons. The third-order valence-corrected chi connectivity index (χ3v) is 5.12. The van der Waals surface area contributed by atoms with Gasteiger partial charge in [0.25, 0.3) is 0 Å². The Hall–Kier alpha value is -0.760. The van der Waals surface area contributed by atoms with Crippen LogP contribution in [-0.4, -0.2) is 7.05 Å². The summed E-state index contributed by atoms with van der Waals surface area (Å²) in [6.07, 6.45) is 6.32. The summed E-state index contributed by atoms with van der Waals surface area (Å²) < 4.78 is 5.97. The van der Waals surface area contributed by atoms with Crippen molar-refractivity contribution in [1.29, 1.82) is 0 Å². The van der Waals surface area contributed by atoms with Crippen molar-refractivity contribution in [3.8, 4) is 0 Å². The lowest BCUT2D eigenvalue weighted by atomic mass is 9.68. The van der Waals surface area contributed by atoms with Gasteiger partial charge in [0.05, 0.1) is 6.04 Å². The molecule has 1 aliphatic carbocycles. The molecule has 1 N–H and O–H groups in total. The normalized spacial score (nSPS) is 25.6. The smallest absolute Gasteiger partial charge is 0.121 e. The molecule has 2 nitrogen and oxygen atoms in total. The molecule has 2 rings (SSSR count). The van der Waals surface area contributed by atoms with Gasteiger partial charge in [-0.25, -0.2) is 0 Å². The number of nitrogens with one attached hydrogen (secondary N) is 1. The molecule has 1 fully saturated rings. The van der Waals surface area contributed by atoms with Crippen molar-refractivity contribution in [3.05, 3.63) is 23.7 Å². The molecule has 1 saturated carbocycles. The van der Waals surface area contributed by atoms with Crippen LogP contribution in [-0.2, 0) is 6.42 Å². The Bertz CT molecular complexity index is 407. The summed E-state index contributed by atoms with van der Waals surface area (Å²) in [5.41, 5.74) is 0.459. The predicted molar refractivity (Wildman–Crippen MR) is 84.8 cm³/mol. The fourth-order valence-corrected chi connectivity index (χ4v) is 3.68. The minimum atomic E-state index is 0.385. The molecule has 0 radical (unpaired) electrons. The van der Waals surface area contributed by atoms with E-state index in [2.05, 4.69) is 52.2 Å². The Morgan fingerprint density at radius 3 is 2.30 bits per heavy atom. The van der Waals surface area contributed by atoms with Gasteiger partial charge < -0.3 is 9.73 Å². The van der Waals surface area contributed by atoms with Gasteiger partial charge in [0.1, 0.15) is 11.5 Å². The second kappa shape index (κ2) is 6.34. The third-order valence-electron chi connectivity index (χ3n) is 5.12. The van der Waals surface area contributed by atoms with Crippen molar-refractivity contribution >= 4 is 0 Å². The largest absolute Gasteiger partial charge is 0.464 e. The van der Waals surface area contributed by atoms with Gasteiger partial charge in [-0.3, -0.25) is 0 Å². The molecule has 0 saturated heterocycles. The highest BCUT2D eigenvalue weighted by molar-refractivity contribution is 5.12. The second-order valence-corrected chi connectivity index (χ2v) is 7.40. The van der Waals surface area contributed by atoms with E-state index >= 15 is 0 Å². The Morgan fingerprint density at radius 2 is 1.85 bits per heavy atom. The van der Waals surface area contributed by atoms with Crippen molar-refractivity contribution in [1.82, 2.24) is 5.32 Å². The quantitative estimate of drug-likeness (QED) is 0.842. The molecular formula is C18H31NO. The van der Waals surface area contributed by atoms with E-state index in [4.69, 9.17) is 4.42 Å². The van der Waals surface area contributed by atoms with Crippen LogP contribution in [0.4, 0.5) is 0 Å². The molecule has 0 bridgehead atoms. The van der Waals surface area contributed by atoms with Crippen LogP contribution in [0.15, 0.2) is 16.5 Å². The maximum Gasteiger partial charge on any atom is 0.121 e. The SMILES string of the molecule is CCc1ccc(C(NC)C2CCC(C(C)(C)C)CC2)o1. The first-order valence-electron chi connectivity index (χ1n) is 8.21. The number of aryl methyl sites for hydroxylation is 1. The third kappa shape index (κ3) is 3.46. The zero-order chi connectivity index (χ0) is 14.8. The van der Waals surface area contributed by atoms with Crippen LogP contribution < -0.4 is 5.32 Å². The number of hydrogen-bond donors (Lipinski definition) is 1. The van der Waals surface area contributed by atoms with E-state index in [1.54, 1.807) is 0 Å². The van der Waals surface area contributed by atoms with E-state index in [0.717, 1.165) is 29.8 Å². The van der Waals surface area contributed by atoms with Crippen LogP contribution in [0.5, 0.6) is 0 Å². The van der Waals surface area contributed by atoms with E-state index in [-0.39, 0.29) is 0 Å². The molecule has 1 aliphatic rings. The maximum absolute atomic E-state index is 5.97. The van der Waals surface area contributed by atoms with Crippen LogP contribution in [0, 0.1) is 17.3 Å². The molecule has 20 heavy (non-hydrogen) atoms. The van der Waals surface area contributed by atoms with Gasteiger partial charge in [0.15, 0.2) is 0 Å². The monoisotopic (exact) mass is 277 g/mol. The van der Waals surface area contributed by atoms with Crippen LogP contribution in [0.1, 0.15) is 70.9 Å². The van der Waals surface area contributed by atoms with E-state index in [1.165, 1.54) is 25.7 Å². The zero-order valence-corrected chi connectivity index (χ0v) is 13.8. The number of furan rings is 1. The molecule has 1 aromatic rings. The first-order chi connectivity index (χ1) is 9.45. The van der Waals surface area contributed by atoms with E-state index in [1.807, 2.05) is 0 Å². The molecule has 1 atom stereocenters. The molecule has 0 amide bonds. The Morgan fingerprint density at radius 1 is 1.20 bits per heavy atom. The highest BCUT2D eigenvalue weighted by Crippen LogP contribution is 2.43. The van der Waals surface area contributed by atoms with Crippen molar-refractivity contribution in [2.45, 2.75) is 65.8 Å². The van der Waals surface area contributed by atoms with Crippen molar-refractivity contribution in [2.75, 3.05) is 7.05 Å². The second-order valence-electron chi connectivity index (χ2n) is 7.40. The molecule has 0 spiro atoms. The first kappa shape index (κ1) is 15.6. The first-order valence-corrected chi connectivity index (χ1v) is 8.21. The minimum absolute atomic E-state index is 0.385. The zero-order valence-electron chi connectivity index (χ0n) is 13.8. The lowest BCUT2D eigenvalue weighted by Crippen LogP contribution is -2.32. The van der Waals surface area contributed by atoms with Gasteiger partial charge in [-0.15, -0.1) is 0 Å². The number of hydrogen-bond acceptors (Lipinski definition) is 2. The fourth-order valence-electron chi connectivity index (χ4n) is 3.68. The standard InChI is InChI=1S/C18H31NO/c1-6-15-11-12-16(20-15)17(19-5)13-7-9-14(10-8-13)18(2,3)4/h11-14,17,19H,6-10H2,1-5H3. The van der Waals surface area contributed by atoms with Crippen LogP contribution in [0.2, 0.25) is 0 Å². The van der Waals surface area contributed by atoms with Crippen molar-refractivity contribution in [3.63, 3.8) is 0 Å². The number of rotatable bonds is 4. The predicted octanol–water partition coefficient (Wildman–Crippen LogP) is 4.96. The van der Waals surface area contributed by atoms with Crippen LogP contribution in [0.3, 0.4) is 0 Å². The highest BCUT2D eigenvalue weighted by Gasteiger charge is 2.33. The summed E-state index contributed by atoms with van der Waals surface area (Å²) in [6.45, 7) is 9.29. The summed E-state index contributed by atoms with van der Waals surface area (Å²) in [5, 5.41) is 3.49. The Balaban J connectivity index is 2.00. The fraction of sp³-hybridized carbons (Fsp3) is 0.778. The molecule has 1 unspecified atom stereocenters. The van der Waals surface area contributed by atoms with E-state index < -0.39 is 0 Å². The summed E-state index contributed by atoms with van der Waals surface area (Å²) in [7, 11) is 2.06. The average Bonchev–Trinajstić information content (AvgIpc) is 2.88. The highest BCUT2D eigenvalue weighted by atomic mass is 16.3. The molecule has 1 aromatic heterocycles. The molecule has 2 heteroatoms. The van der Waals surface area contributed by atoms with Gasteiger partial charge in [0.2, 0.25) is 0 Å². The lowest BCUT2D eigenvalue weighted by molar-refractivity contribution is 0.129. The summed E-state index contributed by atoms with van der Waals surface area (Å²) in [6, 6.07) is 4.67. The average molecular weight is 277 g/mol.